The van der Waals surface area contributed by atoms with Gasteiger partial charge in [-0.15, -0.1) is 0 Å². The molecular formula is C25H29F3N4O4. The van der Waals surface area contributed by atoms with Gasteiger partial charge in [0.25, 0.3) is 0 Å². The molecule has 0 spiro atoms. The first-order valence-corrected chi connectivity index (χ1v) is 11.7. The molecule has 1 aromatic heterocycles. The molecule has 1 atom stereocenters. The lowest BCUT2D eigenvalue weighted by Gasteiger charge is -2.42. The van der Waals surface area contributed by atoms with Gasteiger partial charge in [-0.3, -0.25) is 0 Å². The molecular weight excluding hydrogens is 477 g/mol. The van der Waals surface area contributed by atoms with Crippen LogP contribution < -0.4 is 4.90 Å². The van der Waals surface area contributed by atoms with Crippen molar-refractivity contribution in [2.24, 2.45) is 0 Å². The Bertz CT molecular complexity index is 1100. The summed E-state index contributed by atoms with van der Waals surface area (Å²) in [5, 5.41) is 0. The molecule has 0 N–H and O–H groups in total. The predicted octanol–water partition coefficient (Wildman–Crippen LogP) is 4.68. The van der Waals surface area contributed by atoms with Crippen molar-refractivity contribution < 1.29 is 32.2 Å². The molecule has 3 heterocycles. The number of rotatable bonds is 2. The summed E-state index contributed by atoms with van der Waals surface area (Å²) in [5.74, 6) is 0.371. The van der Waals surface area contributed by atoms with Gasteiger partial charge in [0.2, 0.25) is 0 Å². The topological polar surface area (TPSA) is 75.2 Å². The number of carbonyl (C=O) groups excluding carboxylic acids is 2. The SMILES string of the molecule is CC(C)(C)OC(=O)N1CCN2c3ncc(C(F)(F)F)cc3CN(C(=O)OCc3ccccc3)C[C@H]2C1. The van der Waals surface area contributed by atoms with Crippen LogP contribution in [0.5, 0.6) is 0 Å². The van der Waals surface area contributed by atoms with E-state index in [0.717, 1.165) is 17.8 Å². The van der Waals surface area contributed by atoms with Crippen LogP contribution in [0.4, 0.5) is 28.6 Å². The van der Waals surface area contributed by atoms with Crippen LogP contribution in [0.3, 0.4) is 0 Å². The minimum atomic E-state index is -4.57. The van der Waals surface area contributed by atoms with Crippen LogP contribution in [0, 0.1) is 0 Å². The number of aromatic nitrogens is 1. The minimum Gasteiger partial charge on any atom is -0.445 e. The maximum atomic E-state index is 13.4. The number of halogens is 3. The highest BCUT2D eigenvalue weighted by Crippen LogP contribution is 2.35. The molecule has 2 aromatic rings. The molecule has 1 saturated heterocycles. The van der Waals surface area contributed by atoms with Crippen molar-refractivity contribution in [1.29, 1.82) is 0 Å². The van der Waals surface area contributed by atoms with Crippen LogP contribution in [-0.2, 0) is 28.8 Å². The Morgan fingerprint density at radius 2 is 1.72 bits per heavy atom. The van der Waals surface area contributed by atoms with E-state index in [4.69, 9.17) is 9.47 Å². The number of alkyl halides is 3. The third-order valence-electron chi connectivity index (χ3n) is 5.93. The molecule has 0 saturated carbocycles. The zero-order valence-electron chi connectivity index (χ0n) is 20.4. The van der Waals surface area contributed by atoms with Gasteiger partial charge >= 0.3 is 18.4 Å². The van der Waals surface area contributed by atoms with E-state index < -0.39 is 35.6 Å². The number of pyridine rings is 1. The quantitative estimate of drug-likeness (QED) is 0.589. The fourth-order valence-electron chi connectivity index (χ4n) is 4.29. The fourth-order valence-corrected chi connectivity index (χ4v) is 4.29. The Morgan fingerprint density at radius 3 is 2.39 bits per heavy atom. The molecule has 36 heavy (non-hydrogen) atoms. The number of hydrogen-bond donors (Lipinski definition) is 0. The summed E-state index contributed by atoms with van der Waals surface area (Å²) in [4.78, 5) is 34.6. The lowest BCUT2D eigenvalue weighted by Crippen LogP contribution is -2.58. The van der Waals surface area contributed by atoms with Crippen LogP contribution in [0.1, 0.15) is 37.5 Å². The van der Waals surface area contributed by atoms with Gasteiger partial charge < -0.3 is 24.2 Å². The monoisotopic (exact) mass is 506 g/mol. The predicted molar refractivity (Wildman–Crippen MR) is 125 cm³/mol. The molecule has 2 aliphatic heterocycles. The zero-order chi connectivity index (χ0) is 26.1. The molecule has 2 aliphatic rings. The van der Waals surface area contributed by atoms with Crippen LogP contribution in [0.25, 0.3) is 0 Å². The van der Waals surface area contributed by atoms with E-state index in [1.165, 1.54) is 4.90 Å². The van der Waals surface area contributed by atoms with Crippen molar-refractivity contribution in [2.45, 2.75) is 51.7 Å². The highest BCUT2D eigenvalue weighted by molar-refractivity contribution is 5.70. The lowest BCUT2D eigenvalue weighted by atomic mass is 10.1. The van der Waals surface area contributed by atoms with Crippen molar-refractivity contribution in [3.05, 3.63) is 59.3 Å². The van der Waals surface area contributed by atoms with E-state index in [9.17, 15) is 22.8 Å². The molecule has 0 radical (unpaired) electrons. The molecule has 0 unspecified atom stereocenters. The maximum Gasteiger partial charge on any atom is 0.417 e. The molecule has 0 bridgehead atoms. The molecule has 8 nitrogen and oxygen atoms in total. The fraction of sp³-hybridized carbons (Fsp3) is 0.480. The van der Waals surface area contributed by atoms with Crippen LogP contribution in [-0.4, -0.2) is 64.8 Å². The second kappa shape index (κ2) is 9.87. The number of amides is 2. The van der Waals surface area contributed by atoms with Gasteiger partial charge in [0.15, 0.2) is 0 Å². The summed E-state index contributed by atoms with van der Waals surface area (Å²) < 4.78 is 51.2. The van der Waals surface area contributed by atoms with Gasteiger partial charge in [-0.05, 0) is 32.4 Å². The Balaban J connectivity index is 1.59. The van der Waals surface area contributed by atoms with Gasteiger partial charge in [0.1, 0.15) is 18.0 Å². The average molecular weight is 507 g/mol. The standard InChI is InChI=1S/C25H29F3N4O4/c1-24(2,3)36-23(34)30-9-10-32-20(14-30)15-31(22(33)35-16-17-7-5-4-6-8-17)13-18-11-19(25(26,27)28)12-29-21(18)32/h4-8,11-12,20H,9-10,13-16H2,1-3H3/t20-/m1/s1. The minimum absolute atomic E-state index is 0.0300. The number of hydrogen-bond acceptors (Lipinski definition) is 6. The lowest BCUT2D eigenvalue weighted by molar-refractivity contribution is -0.137. The van der Waals surface area contributed by atoms with Crippen molar-refractivity contribution >= 4 is 18.0 Å². The van der Waals surface area contributed by atoms with E-state index >= 15 is 0 Å². The molecule has 2 amide bonds. The van der Waals surface area contributed by atoms with Crippen molar-refractivity contribution in [3.8, 4) is 0 Å². The highest BCUT2D eigenvalue weighted by Gasteiger charge is 2.39. The average Bonchev–Trinajstić information content (AvgIpc) is 2.97. The number of carbonyl (C=O) groups is 2. The molecule has 0 aliphatic carbocycles. The smallest absolute Gasteiger partial charge is 0.417 e. The van der Waals surface area contributed by atoms with Crippen LogP contribution in [0.2, 0.25) is 0 Å². The van der Waals surface area contributed by atoms with Crippen LogP contribution in [0.15, 0.2) is 42.6 Å². The number of ether oxygens (including phenoxy) is 2. The van der Waals surface area contributed by atoms with Gasteiger partial charge in [-0.25, -0.2) is 14.6 Å². The van der Waals surface area contributed by atoms with E-state index in [-0.39, 0.29) is 31.8 Å². The first-order valence-electron chi connectivity index (χ1n) is 11.7. The first kappa shape index (κ1) is 25.6. The first-order chi connectivity index (χ1) is 16.9. The van der Waals surface area contributed by atoms with Gasteiger partial charge in [0, 0.05) is 37.9 Å². The molecule has 4 rings (SSSR count). The second-order valence-electron chi connectivity index (χ2n) is 9.90. The van der Waals surface area contributed by atoms with Gasteiger partial charge in [-0.1, -0.05) is 30.3 Å². The summed E-state index contributed by atoms with van der Waals surface area (Å²) in [5.41, 5.74) is -0.496. The second-order valence-corrected chi connectivity index (χ2v) is 9.90. The van der Waals surface area contributed by atoms with Crippen LogP contribution >= 0.6 is 0 Å². The zero-order valence-corrected chi connectivity index (χ0v) is 20.4. The van der Waals surface area contributed by atoms with Crippen molar-refractivity contribution in [1.82, 2.24) is 14.8 Å². The largest absolute Gasteiger partial charge is 0.445 e. The number of piperazine rings is 1. The Morgan fingerprint density at radius 1 is 1.03 bits per heavy atom. The van der Waals surface area contributed by atoms with E-state index in [0.29, 0.717) is 18.9 Å². The Hall–Kier alpha value is -3.50. The van der Waals surface area contributed by atoms with Gasteiger partial charge in [-0.2, -0.15) is 13.2 Å². The third kappa shape index (κ3) is 6.00. The summed E-state index contributed by atoms with van der Waals surface area (Å²) in [6.45, 7) is 6.26. The highest BCUT2D eigenvalue weighted by atomic mass is 19.4. The molecule has 1 aromatic carbocycles. The van der Waals surface area contributed by atoms with Gasteiger partial charge in [0.05, 0.1) is 18.2 Å². The van der Waals surface area contributed by atoms with Crippen molar-refractivity contribution in [3.63, 3.8) is 0 Å². The Labute approximate surface area is 207 Å². The number of benzene rings is 1. The maximum absolute atomic E-state index is 13.4. The number of nitrogens with zero attached hydrogens (tertiary/aromatic N) is 4. The third-order valence-corrected chi connectivity index (χ3v) is 5.93. The number of anilines is 1. The molecule has 11 heteroatoms. The summed E-state index contributed by atoms with van der Waals surface area (Å²) in [6.07, 6.45) is -4.90. The number of fused-ring (bicyclic) bond motifs is 3. The summed E-state index contributed by atoms with van der Waals surface area (Å²) in [7, 11) is 0. The normalized spacial score (nSPS) is 18.2. The van der Waals surface area contributed by atoms with Crippen molar-refractivity contribution in [2.75, 3.05) is 31.1 Å². The molecule has 1 fully saturated rings. The Kier molecular flexibility index (Phi) is 7.01. The van der Waals surface area contributed by atoms with E-state index in [1.807, 2.05) is 35.2 Å². The van der Waals surface area contributed by atoms with E-state index in [1.54, 1.807) is 25.7 Å². The summed E-state index contributed by atoms with van der Waals surface area (Å²) >= 11 is 0. The summed E-state index contributed by atoms with van der Waals surface area (Å²) in [6, 6.07) is 9.74. The van der Waals surface area contributed by atoms with E-state index in [2.05, 4.69) is 4.98 Å². The molecule has 194 valence electrons.